The summed E-state index contributed by atoms with van der Waals surface area (Å²) in [4.78, 5) is 0. The Labute approximate surface area is 73.7 Å². The van der Waals surface area contributed by atoms with Crippen LogP contribution in [0.1, 0.15) is 44.9 Å². The van der Waals surface area contributed by atoms with Crippen LogP contribution >= 0.6 is 0 Å². The van der Waals surface area contributed by atoms with Gasteiger partial charge in [-0.3, -0.25) is 5.32 Å². The molecule has 3 aliphatic rings. The number of hydrogen-bond donors (Lipinski definition) is 1. The highest BCUT2D eigenvalue weighted by molar-refractivity contribution is 5.05. The summed E-state index contributed by atoms with van der Waals surface area (Å²) < 4.78 is 5.90. The van der Waals surface area contributed by atoms with Gasteiger partial charge in [-0.1, -0.05) is 12.8 Å². The Bertz CT molecular complexity index is 192. The third-order valence-electron chi connectivity index (χ3n) is 3.84. The van der Waals surface area contributed by atoms with E-state index in [4.69, 9.17) is 4.74 Å². The molecule has 3 fully saturated rings. The largest absolute Gasteiger partial charge is 0.359 e. The van der Waals surface area contributed by atoms with Gasteiger partial charge in [0.2, 0.25) is 0 Å². The lowest BCUT2D eigenvalue weighted by Crippen LogP contribution is -2.54. The van der Waals surface area contributed by atoms with Crippen LogP contribution < -0.4 is 5.32 Å². The van der Waals surface area contributed by atoms with E-state index in [2.05, 4.69) is 5.32 Å². The van der Waals surface area contributed by atoms with E-state index in [9.17, 15) is 0 Å². The van der Waals surface area contributed by atoms with Crippen LogP contribution in [-0.2, 0) is 4.74 Å². The van der Waals surface area contributed by atoms with Gasteiger partial charge in [0, 0.05) is 5.54 Å². The fourth-order valence-electron chi connectivity index (χ4n) is 2.92. The summed E-state index contributed by atoms with van der Waals surface area (Å²) in [6, 6.07) is 0. The minimum Gasteiger partial charge on any atom is -0.359 e. The first-order valence-corrected chi connectivity index (χ1v) is 5.26. The lowest BCUT2D eigenvalue weighted by molar-refractivity contribution is -0.0707. The Morgan fingerprint density at radius 3 is 2.17 bits per heavy atom. The third kappa shape index (κ3) is 0.882. The van der Waals surface area contributed by atoms with Crippen molar-refractivity contribution in [2.24, 2.45) is 0 Å². The number of hydrogen-bond acceptors (Lipinski definition) is 2. The molecular formula is C10H17NO. The van der Waals surface area contributed by atoms with E-state index in [1.165, 1.54) is 44.9 Å². The molecule has 1 aliphatic heterocycles. The second-order valence-corrected chi connectivity index (χ2v) is 4.75. The molecule has 2 aliphatic carbocycles. The van der Waals surface area contributed by atoms with E-state index < -0.39 is 0 Å². The summed E-state index contributed by atoms with van der Waals surface area (Å²) in [5.41, 5.74) is 0.546. The summed E-state index contributed by atoms with van der Waals surface area (Å²) >= 11 is 0. The highest BCUT2D eigenvalue weighted by Crippen LogP contribution is 2.44. The molecule has 68 valence electrons. The monoisotopic (exact) mass is 167 g/mol. The molecule has 12 heavy (non-hydrogen) atoms. The van der Waals surface area contributed by atoms with Crippen molar-refractivity contribution in [3.63, 3.8) is 0 Å². The van der Waals surface area contributed by atoms with Gasteiger partial charge in [0.25, 0.3) is 0 Å². The van der Waals surface area contributed by atoms with E-state index in [1.807, 2.05) is 0 Å². The highest BCUT2D eigenvalue weighted by atomic mass is 16.5. The Morgan fingerprint density at radius 1 is 0.917 bits per heavy atom. The second-order valence-electron chi connectivity index (χ2n) is 4.75. The van der Waals surface area contributed by atoms with Crippen molar-refractivity contribution in [2.75, 3.05) is 6.61 Å². The first-order chi connectivity index (χ1) is 5.83. The molecule has 1 N–H and O–H groups in total. The van der Waals surface area contributed by atoms with Crippen molar-refractivity contribution in [3.05, 3.63) is 0 Å². The van der Waals surface area contributed by atoms with Gasteiger partial charge in [-0.05, 0) is 32.1 Å². The molecular weight excluding hydrogens is 150 g/mol. The van der Waals surface area contributed by atoms with Crippen LogP contribution in [0.15, 0.2) is 0 Å². The summed E-state index contributed by atoms with van der Waals surface area (Å²) in [5.74, 6) is 0. The maximum Gasteiger partial charge on any atom is 0.119 e. The number of rotatable bonds is 0. The van der Waals surface area contributed by atoms with Crippen LogP contribution in [0.3, 0.4) is 0 Å². The fourth-order valence-corrected chi connectivity index (χ4v) is 2.92. The lowest BCUT2D eigenvalue weighted by Gasteiger charge is -2.39. The first-order valence-electron chi connectivity index (χ1n) is 5.26. The smallest absolute Gasteiger partial charge is 0.119 e. The molecule has 0 aromatic carbocycles. The van der Waals surface area contributed by atoms with Crippen molar-refractivity contribution in [2.45, 2.75) is 56.2 Å². The number of nitrogens with one attached hydrogen (secondary N) is 1. The normalized spacial score (nSPS) is 36.0. The Balaban J connectivity index is 1.76. The van der Waals surface area contributed by atoms with Gasteiger partial charge in [-0.25, -0.2) is 0 Å². The average Bonchev–Trinajstić information content (AvgIpc) is 2.58. The van der Waals surface area contributed by atoms with Crippen molar-refractivity contribution in [3.8, 4) is 0 Å². The molecule has 0 atom stereocenters. The molecule has 0 radical (unpaired) electrons. The molecule has 0 aromatic rings. The van der Waals surface area contributed by atoms with Crippen LogP contribution in [0, 0.1) is 0 Å². The van der Waals surface area contributed by atoms with Crippen LogP contribution in [0.25, 0.3) is 0 Å². The molecule has 1 saturated heterocycles. The van der Waals surface area contributed by atoms with Crippen molar-refractivity contribution >= 4 is 0 Å². The maximum atomic E-state index is 5.90. The SMILES string of the molecule is C1CCC2(C1)COC1(CCC1)N2. The molecule has 2 heteroatoms. The van der Waals surface area contributed by atoms with Crippen molar-refractivity contribution in [1.29, 1.82) is 0 Å². The summed E-state index contributed by atoms with van der Waals surface area (Å²) in [7, 11) is 0. The van der Waals surface area contributed by atoms with E-state index in [0.717, 1.165) is 6.61 Å². The molecule has 2 nitrogen and oxygen atoms in total. The Kier molecular flexibility index (Phi) is 1.37. The molecule has 0 amide bonds. The van der Waals surface area contributed by atoms with Gasteiger partial charge in [-0.2, -0.15) is 0 Å². The molecule has 0 aromatic heterocycles. The van der Waals surface area contributed by atoms with Gasteiger partial charge in [0.15, 0.2) is 0 Å². The Morgan fingerprint density at radius 2 is 1.67 bits per heavy atom. The molecule has 0 unspecified atom stereocenters. The van der Waals surface area contributed by atoms with Gasteiger partial charge in [0.1, 0.15) is 5.72 Å². The van der Waals surface area contributed by atoms with E-state index in [1.54, 1.807) is 0 Å². The Hall–Kier alpha value is -0.0800. The van der Waals surface area contributed by atoms with Gasteiger partial charge in [-0.15, -0.1) is 0 Å². The van der Waals surface area contributed by atoms with Gasteiger partial charge < -0.3 is 4.74 Å². The molecule has 1 heterocycles. The predicted octanol–water partition coefficient (Wildman–Crippen LogP) is 1.80. The average molecular weight is 167 g/mol. The molecule has 0 bridgehead atoms. The summed E-state index contributed by atoms with van der Waals surface area (Å²) in [6.45, 7) is 0.979. The molecule has 3 rings (SSSR count). The van der Waals surface area contributed by atoms with E-state index in [-0.39, 0.29) is 5.72 Å². The first kappa shape index (κ1) is 7.34. The standard InChI is InChI=1S/C10H17NO/c1-2-5-9(4-1)8-12-10(11-9)6-3-7-10/h11H,1-8H2. The van der Waals surface area contributed by atoms with Crippen LogP contribution in [0.2, 0.25) is 0 Å². The van der Waals surface area contributed by atoms with Crippen LogP contribution in [0.4, 0.5) is 0 Å². The highest BCUT2D eigenvalue weighted by Gasteiger charge is 2.52. The quantitative estimate of drug-likeness (QED) is 0.594. The second kappa shape index (κ2) is 2.24. The maximum absolute atomic E-state index is 5.90. The predicted molar refractivity (Wildman–Crippen MR) is 46.9 cm³/mol. The number of ether oxygens (including phenoxy) is 1. The summed E-state index contributed by atoms with van der Waals surface area (Å²) in [6.07, 6.45) is 9.31. The van der Waals surface area contributed by atoms with Crippen molar-refractivity contribution in [1.82, 2.24) is 5.32 Å². The fraction of sp³-hybridized carbons (Fsp3) is 1.00. The lowest BCUT2D eigenvalue weighted by atomic mass is 9.87. The molecule has 2 saturated carbocycles. The third-order valence-corrected chi connectivity index (χ3v) is 3.84. The summed E-state index contributed by atoms with van der Waals surface area (Å²) in [5, 5.41) is 3.76. The zero-order chi connectivity index (χ0) is 8.07. The minimum absolute atomic E-state index is 0.143. The van der Waals surface area contributed by atoms with E-state index >= 15 is 0 Å². The van der Waals surface area contributed by atoms with Gasteiger partial charge in [0.05, 0.1) is 6.61 Å². The topological polar surface area (TPSA) is 21.3 Å². The zero-order valence-electron chi connectivity index (χ0n) is 7.57. The van der Waals surface area contributed by atoms with Crippen LogP contribution in [-0.4, -0.2) is 17.9 Å². The van der Waals surface area contributed by atoms with Gasteiger partial charge >= 0.3 is 0 Å². The van der Waals surface area contributed by atoms with Crippen molar-refractivity contribution < 1.29 is 4.74 Å². The van der Waals surface area contributed by atoms with E-state index in [0.29, 0.717) is 5.54 Å². The zero-order valence-corrected chi connectivity index (χ0v) is 7.57. The molecule has 2 spiro atoms. The van der Waals surface area contributed by atoms with Crippen LogP contribution in [0.5, 0.6) is 0 Å². The minimum atomic E-state index is 0.143.